The number of amides is 1. The number of aromatic hydroxyl groups is 1. The minimum atomic E-state index is -0.921. The number of phenolic OH excluding ortho intramolecular Hbond substituents is 1. The maximum atomic E-state index is 11.9. The first-order valence-electron chi connectivity index (χ1n) is 6.74. The molecule has 0 radical (unpaired) electrons. The summed E-state index contributed by atoms with van der Waals surface area (Å²) in [5, 5.41) is 29.0. The van der Waals surface area contributed by atoms with Crippen LogP contribution in [0.15, 0.2) is 29.5 Å². The van der Waals surface area contributed by atoms with Crippen LogP contribution in [0.5, 0.6) is 11.5 Å². The molecular formula is C15H17NO6. The number of hydrogen-bond acceptors (Lipinski definition) is 6. The van der Waals surface area contributed by atoms with Gasteiger partial charge in [-0.2, -0.15) is 0 Å². The molecule has 0 bridgehead atoms. The van der Waals surface area contributed by atoms with Crippen molar-refractivity contribution in [3.05, 3.63) is 35.1 Å². The Morgan fingerprint density at radius 2 is 2.05 bits per heavy atom. The normalized spacial score (nSPS) is 18.0. The Kier molecular flexibility index (Phi) is 4.37. The fraction of sp³-hybridized carbons (Fsp3) is 0.333. The predicted molar refractivity (Wildman–Crippen MR) is 76.3 cm³/mol. The summed E-state index contributed by atoms with van der Waals surface area (Å²) in [7, 11) is 0. The fourth-order valence-electron chi connectivity index (χ4n) is 2.48. The SMILES string of the molecule is CCOc1cc([C@@H]2C(C(C)=O)=C(O)C(=O)N2CO)ccc1O. The molecule has 0 fully saturated rings. The molecule has 1 aliphatic rings. The molecule has 0 aliphatic carbocycles. The molecular weight excluding hydrogens is 290 g/mol. The quantitative estimate of drug-likeness (QED) is 0.750. The van der Waals surface area contributed by atoms with Gasteiger partial charge in [-0.1, -0.05) is 6.07 Å². The molecule has 0 spiro atoms. The first kappa shape index (κ1) is 15.8. The van der Waals surface area contributed by atoms with Crippen LogP contribution in [0.3, 0.4) is 0 Å². The van der Waals surface area contributed by atoms with Crippen LogP contribution < -0.4 is 4.74 Å². The van der Waals surface area contributed by atoms with Gasteiger partial charge in [-0.15, -0.1) is 0 Å². The molecule has 0 saturated carbocycles. The molecule has 3 N–H and O–H groups in total. The van der Waals surface area contributed by atoms with E-state index in [4.69, 9.17) is 4.74 Å². The zero-order valence-electron chi connectivity index (χ0n) is 12.2. The molecule has 0 saturated heterocycles. The molecule has 1 heterocycles. The number of aliphatic hydroxyl groups excluding tert-OH is 2. The van der Waals surface area contributed by atoms with Gasteiger partial charge in [0.15, 0.2) is 23.0 Å². The average Bonchev–Trinajstić information content (AvgIpc) is 2.73. The second kappa shape index (κ2) is 6.07. The van der Waals surface area contributed by atoms with Crippen molar-refractivity contribution in [1.82, 2.24) is 4.90 Å². The third-order valence-corrected chi connectivity index (χ3v) is 3.43. The molecule has 22 heavy (non-hydrogen) atoms. The van der Waals surface area contributed by atoms with Gasteiger partial charge in [0, 0.05) is 0 Å². The third-order valence-electron chi connectivity index (χ3n) is 3.43. The summed E-state index contributed by atoms with van der Waals surface area (Å²) in [5.74, 6) is -1.85. The highest BCUT2D eigenvalue weighted by Gasteiger charge is 2.42. The maximum absolute atomic E-state index is 11.9. The van der Waals surface area contributed by atoms with Crippen molar-refractivity contribution in [2.45, 2.75) is 19.9 Å². The van der Waals surface area contributed by atoms with Gasteiger partial charge in [-0.3, -0.25) is 9.59 Å². The number of Topliss-reactive ketones (excluding diaryl/α,β-unsaturated/α-hetero) is 1. The van der Waals surface area contributed by atoms with Crippen molar-refractivity contribution in [3.63, 3.8) is 0 Å². The van der Waals surface area contributed by atoms with Crippen LogP contribution in [0, 0.1) is 0 Å². The van der Waals surface area contributed by atoms with E-state index < -0.39 is 30.2 Å². The van der Waals surface area contributed by atoms with Gasteiger partial charge in [-0.25, -0.2) is 0 Å². The highest BCUT2D eigenvalue weighted by molar-refractivity contribution is 6.08. The minimum absolute atomic E-state index is 0.0805. The first-order valence-corrected chi connectivity index (χ1v) is 6.74. The molecule has 0 unspecified atom stereocenters. The van der Waals surface area contributed by atoms with Gasteiger partial charge in [0.05, 0.1) is 18.2 Å². The van der Waals surface area contributed by atoms with E-state index in [1.165, 1.54) is 25.1 Å². The van der Waals surface area contributed by atoms with Crippen molar-refractivity contribution in [1.29, 1.82) is 0 Å². The summed E-state index contributed by atoms with van der Waals surface area (Å²) in [6.45, 7) is 2.65. The topological polar surface area (TPSA) is 107 Å². The van der Waals surface area contributed by atoms with Gasteiger partial charge in [0.25, 0.3) is 5.91 Å². The summed E-state index contributed by atoms with van der Waals surface area (Å²) < 4.78 is 5.28. The van der Waals surface area contributed by atoms with E-state index in [1.54, 1.807) is 6.92 Å². The van der Waals surface area contributed by atoms with Crippen molar-refractivity contribution in [2.75, 3.05) is 13.3 Å². The number of phenols is 1. The monoisotopic (exact) mass is 307 g/mol. The summed E-state index contributed by atoms with van der Waals surface area (Å²) in [6.07, 6.45) is 0. The Balaban J connectivity index is 2.55. The smallest absolute Gasteiger partial charge is 0.291 e. The van der Waals surface area contributed by atoms with Crippen molar-refractivity contribution >= 4 is 11.7 Å². The summed E-state index contributed by atoms with van der Waals surface area (Å²) >= 11 is 0. The molecule has 1 atom stereocenters. The van der Waals surface area contributed by atoms with E-state index in [0.29, 0.717) is 12.2 Å². The number of ketones is 1. The van der Waals surface area contributed by atoms with Crippen LogP contribution in [0.25, 0.3) is 0 Å². The number of aliphatic hydroxyl groups is 2. The summed E-state index contributed by atoms with van der Waals surface area (Å²) in [5.41, 5.74) is 0.352. The summed E-state index contributed by atoms with van der Waals surface area (Å²) in [4.78, 5) is 24.7. The van der Waals surface area contributed by atoms with E-state index in [-0.39, 0.29) is 17.1 Å². The Morgan fingerprint density at radius 3 is 2.59 bits per heavy atom. The number of rotatable bonds is 5. The third kappa shape index (κ3) is 2.50. The second-order valence-corrected chi connectivity index (χ2v) is 4.80. The average molecular weight is 307 g/mol. The van der Waals surface area contributed by atoms with Crippen molar-refractivity contribution in [3.8, 4) is 11.5 Å². The first-order chi connectivity index (χ1) is 10.4. The van der Waals surface area contributed by atoms with Gasteiger partial charge in [0.2, 0.25) is 0 Å². The molecule has 7 nitrogen and oxygen atoms in total. The Hall–Kier alpha value is -2.54. The maximum Gasteiger partial charge on any atom is 0.291 e. The number of carbonyl (C=O) groups excluding carboxylic acids is 2. The molecule has 1 aromatic carbocycles. The Labute approximate surface area is 127 Å². The van der Waals surface area contributed by atoms with Crippen LogP contribution in [-0.2, 0) is 9.59 Å². The number of ether oxygens (including phenoxy) is 1. The Bertz CT molecular complexity index is 651. The number of nitrogens with zero attached hydrogens (tertiary/aromatic N) is 1. The van der Waals surface area contributed by atoms with Crippen LogP contribution in [-0.4, -0.2) is 45.2 Å². The van der Waals surface area contributed by atoms with Crippen LogP contribution in [0.2, 0.25) is 0 Å². The van der Waals surface area contributed by atoms with Crippen LogP contribution in [0.4, 0.5) is 0 Å². The lowest BCUT2D eigenvalue weighted by molar-refractivity contribution is -0.133. The number of carbonyl (C=O) groups is 2. The molecule has 1 aliphatic heterocycles. The second-order valence-electron chi connectivity index (χ2n) is 4.80. The zero-order chi connectivity index (χ0) is 16.4. The van der Waals surface area contributed by atoms with E-state index >= 15 is 0 Å². The molecule has 7 heteroatoms. The highest BCUT2D eigenvalue weighted by atomic mass is 16.5. The van der Waals surface area contributed by atoms with E-state index in [1.807, 2.05) is 0 Å². The van der Waals surface area contributed by atoms with Gasteiger partial charge < -0.3 is 25.0 Å². The summed E-state index contributed by atoms with van der Waals surface area (Å²) in [6, 6.07) is 3.42. The molecule has 0 aromatic heterocycles. The van der Waals surface area contributed by atoms with Crippen molar-refractivity contribution in [2.24, 2.45) is 0 Å². The lowest BCUT2D eigenvalue weighted by Crippen LogP contribution is -2.31. The van der Waals surface area contributed by atoms with Gasteiger partial charge in [0.1, 0.15) is 6.73 Å². The number of hydrogen-bond donors (Lipinski definition) is 3. The van der Waals surface area contributed by atoms with Crippen molar-refractivity contribution < 1.29 is 29.6 Å². The lowest BCUT2D eigenvalue weighted by Gasteiger charge is -2.24. The van der Waals surface area contributed by atoms with Crippen LogP contribution in [0.1, 0.15) is 25.5 Å². The van der Waals surface area contributed by atoms with E-state index in [0.717, 1.165) is 4.90 Å². The van der Waals surface area contributed by atoms with Gasteiger partial charge >= 0.3 is 0 Å². The van der Waals surface area contributed by atoms with Gasteiger partial charge in [-0.05, 0) is 31.5 Å². The standard InChI is InChI=1S/C15H17NO6/c1-3-22-11-6-9(4-5-10(11)19)13-12(8(2)18)14(20)15(21)16(13)7-17/h4-6,13,17,19-20H,3,7H2,1-2H3/t13-/m1/s1. The molecule has 1 aromatic rings. The molecule has 1 amide bonds. The predicted octanol–water partition coefficient (Wildman–Crippen LogP) is 1.03. The fourth-order valence-corrected chi connectivity index (χ4v) is 2.48. The largest absolute Gasteiger partial charge is 0.504 e. The minimum Gasteiger partial charge on any atom is -0.504 e. The van der Waals surface area contributed by atoms with Crippen LogP contribution >= 0.6 is 0 Å². The van der Waals surface area contributed by atoms with E-state index in [9.17, 15) is 24.9 Å². The Morgan fingerprint density at radius 1 is 1.36 bits per heavy atom. The highest BCUT2D eigenvalue weighted by Crippen LogP contribution is 2.40. The lowest BCUT2D eigenvalue weighted by atomic mass is 9.96. The van der Waals surface area contributed by atoms with E-state index in [2.05, 4.69) is 0 Å². The number of benzene rings is 1. The zero-order valence-corrected chi connectivity index (χ0v) is 12.2. The molecule has 118 valence electrons. The molecule has 2 rings (SSSR count).